The minimum atomic E-state index is -0.122. The van der Waals surface area contributed by atoms with Crippen LogP contribution in [0.4, 0.5) is 5.00 Å². The highest BCUT2D eigenvalue weighted by atomic mass is 32.1. The number of nitrogens with zero attached hydrogens (tertiary/aromatic N) is 2. The van der Waals surface area contributed by atoms with Crippen molar-refractivity contribution >= 4 is 22.2 Å². The van der Waals surface area contributed by atoms with Crippen molar-refractivity contribution < 1.29 is 9.90 Å². The Hall–Kier alpha value is -1.42. The molecule has 2 rings (SSSR count). The van der Waals surface area contributed by atoms with Gasteiger partial charge in [0, 0.05) is 11.4 Å². The van der Waals surface area contributed by atoms with Crippen molar-refractivity contribution in [3.8, 4) is 6.07 Å². The Balaban J connectivity index is 2.09. The van der Waals surface area contributed by atoms with Gasteiger partial charge in [-0.3, -0.25) is 9.69 Å². The number of amides is 1. The maximum absolute atomic E-state index is 12.2. The van der Waals surface area contributed by atoms with E-state index in [2.05, 4.69) is 11.4 Å². The molecule has 0 bridgehead atoms. The van der Waals surface area contributed by atoms with E-state index in [1.165, 1.54) is 11.3 Å². The van der Waals surface area contributed by atoms with Crippen LogP contribution in [0.3, 0.4) is 0 Å². The van der Waals surface area contributed by atoms with Crippen LogP contribution >= 0.6 is 11.3 Å². The predicted octanol–water partition coefficient (Wildman–Crippen LogP) is 2.14. The second-order valence-corrected chi connectivity index (χ2v) is 6.63. The normalized spacial score (nSPS) is 14.3. The summed E-state index contributed by atoms with van der Waals surface area (Å²) in [5.41, 5.74) is 1.79. The van der Waals surface area contributed by atoms with Crippen molar-refractivity contribution in [3.05, 3.63) is 16.0 Å². The molecule has 0 saturated heterocycles. The summed E-state index contributed by atoms with van der Waals surface area (Å²) in [4.78, 5) is 15.3. The molecule has 6 heteroatoms. The average molecular weight is 321 g/mol. The summed E-state index contributed by atoms with van der Waals surface area (Å²) in [5, 5.41) is 22.0. The molecule has 1 aliphatic rings. The van der Waals surface area contributed by atoms with Crippen LogP contribution in [-0.4, -0.2) is 42.2 Å². The van der Waals surface area contributed by atoms with E-state index in [0.717, 1.165) is 31.2 Å². The first-order valence-corrected chi connectivity index (χ1v) is 8.69. The maximum Gasteiger partial charge on any atom is 0.239 e. The van der Waals surface area contributed by atoms with Crippen molar-refractivity contribution in [2.24, 2.45) is 0 Å². The lowest BCUT2D eigenvalue weighted by Gasteiger charge is -2.18. The standard InChI is InChI=1S/C16H23N3O2S/c1-2-19(8-9-20)11-15(21)18-16-13(10-17)12-6-4-3-5-7-14(12)22-16/h20H,2-9,11H2,1H3,(H,18,21). The second kappa shape index (κ2) is 8.28. The van der Waals surface area contributed by atoms with Gasteiger partial charge in [0.2, 0.25) is 5.91 Å². The van der Waals surface area contributed by atoms with Crippen LogP contribution in [-0.2, 0) is 17.6 Å². The number of nitriles is 1. The molecule has 1 aromatic rings. The number of carbonyl (C=O) groups is 1. The Morgan fingerprint density at radius 1 is 1.41 bits per heavy atom. The summed E-state index contributed by atoms with van der Waals surface area (Å²) in [6.45, 7) is 3.43. The molecule has 1 aliphatic carbocycles. The quantitative estimate of drug-likeness (QED) is 0.787. The first kappa shape index (κ1) is 16.9. The number of hydrogen-bond donors (Lipinski definition) is 2. The van der Waals surface area contributed by atoms with Gasteiger partial charge in [-0.05, 0) is 37.8 Å². The van der Waals surface area contributed by atoms with Crippen molar-refractivity contribution in [1.82, 2.24) is 4.90 Å². The highest BCUT2D eigenvalue weighted by Gasteiger charge is 2.21. The van der Waals surface area contributed by atoms with Gasteiger partial charge < -0.3 is 10.4 Å². The number of thiophene rings is 1. The molecule has 0 aromatic carbocycles. The van der Waals surface area contributed by atoms with Crippen molar-refractivity contribution in [2.75, 3.05) is 31.6 Å². The lowest BCUT2D eigenvalue weighted by atomic mass is 10.1. The Morgan fingerprint density at radius 3 is 2.86 bits per heavy atom. The molecule has 0 aliphatic heterocycles. The zero-order valence-electron chi connectivity index (χ0n) is 13.0. The lowest BCUT2D eigenvalue weighted by Crippen LogP contribution is -2.35. The van der Waals surface area contributed by atoms with E-state index in [1.54, 1.807) is 11.3 Å². The van der Waals surface area contributed by atoms with Gasteiger partial charge >= 0.3 is 0 Å². The van der Waals surface area contributed by atoms with Crippen LogP contribution in [0.1, 0.15) is 42.2 Å². The smallest absolute Gasteiger partial charge is 0.239 e. The highest BCUT2D eigenvalue weighted by Crippen LogP contribution is 2.36. The largest absolute Gasteiger partial charge is 0.395 e. The van der Waals surface area contributed by atoms with Gasteiger partial charge in [-0.15, -0.1) is 11.3 Å². The van der Waals surface area contributed by atoms with E-state index in [0.29, 0.717) is 23.7 Å². The fourth-order valence-electron chi connectivity index (χ4n) is 2.81. The van der Waals surface area contributed by atoms with Crippen molar-refractivity contribution in [1.29, 1.82) is 5.26 Å². The molecule has 0 spiro atoms. The molecule has 120 valence electrons. The van der Waals surface area contributed by atoms with Crippen LogP contribution in [0.15, 0.2) is 0 Å². The number of likely N-dealkylation sites (N-methyl/N-ethyl adjacent to an activating group) is 1. The molecule has 1 aromatic heterocycles. The number of anilines is 1. The van der Waals surface area contributed by atoms with Crippen LogP contribution in [0.2, 0.25) is 0 Å². The SMILES string of the molecule is CCN(CCO)CC(=O)Nc1sc2c(c1C#N)CCCCC2. The minimum Gasteiger partial charge on any atom is -0.395 e. The zero-order valence-corrected chi connectivity index (χ0v) is 13.8. The Morgan fingerprint density at radius 2 is 2.18 bits per heavy atom. The molecular weight excluding hydrogens is 298 g/mol. The Kier molecular flexibility index (Phi) is 6.37. The number of carbonyl (C=O) groups excluding carboxylic acids is 1. The number of fused-ring (bicyclic) bond motifs is 1. The number of aryl methyl sites for hydroxylation is 1. The van der Waals surface area contributed by atoms with Crippen molar-refractivity contribution in [2.45, 2.75) is 39.0 Å². The Labute approximate surface area is 135 Å². The third kappa shape index (κ3) is 4.07. The third-order valence-electron chi connectivity index (χ3n) is 4.02. The number of nitrogens with one attached hydrogen (secondary N) is 1. The summed E-state index contributed by atoms with van der Waals surface area (Å²) >= 11 is 1.55. The Bertz CT molecular complexity index is 562. The molecule has 1 amide bonds. The van der Waals surface area contributed by atoms with E-state index in [4.69, 9.17) is 5.11 Å². The third-order valence-corrected chi connectivity index (χ3v) is 5.22. The van der Waals surface area contributed by atoms with Crippen molar-refractivity contribution in [3.63, 3.8) is 0 Å². The summed E-state index contributed by atoms with van der Waals surface area (Å²) in [7, 11) is 0. The molecule has 2 N–H and O–H groups in total. The number of rotatable bonds is 6. The minimum absolute atomic E-state index is 0.0395. The highest BCUT2D eigenvalue weighted by molar-refractivity contribution is 7.16. The maximum atomic E-state index is 12.2. The van der Waals surface area contributed by atoms with Gasteiger partial charge in [0.05, 0.1) is 18.7 Å². The van der Waals surface area contributed by atoms with Crippen LogP contribution < -0.4 is 5.32 Å². The van der Waals surface area contributed by atoms with Crippen LogP contribution in [0, 0.1) is 11.3 Å². The molecule has 0 atom stereocenters. The first-order valence-electron chi connectivity index (χ1n) is 7.87. The lowest BCUT2D eigenvalue weighted by molar-refractivity contribution is -0.117. The fourth-order valence-corrected chi connectivity index (χ4v) is 4.06. The van der Waals surface area contributed by atoms with Crippen LogP contribution in [0.5, 0.6) is 0 Å². The predicted molar refractivity (Wildman–Crippen MR) is 88.1 cm³/mol. The molecule has 5 nitrogen and oxygen atoms in total. The fraction of sp³-hybridized carbons (Fsp3) is 0.625. The summed E-state index contributed by atoms with van der Waals surface area (Å²) < 4.78 is 0. The molecular formula is C16H23N3O2S. The molecule has 1 heterocycles. The van der Waals surface area contributed by atoms with E-state index in [9.17, 15) is 10.1 Å². The van der Waals surface area contributed by atoms with E-state index >= 15 is 0 Å². The molecule has 22 heavy (non-hydrogen) atoms. The molecule has 0 saturated carbocycles. The number of aliphatic hydroxyl groups is 1. The number of aliphatic hydroxyl groups excluding tert-OH is 1. The molecule has 0 unspecified atom stereocenters. The summed E-state index contributed by atoms with van der Waals surface area (Å²) in [6.07, 6.45) is 5.44. The molecule has 0 fully saturated rings. The van der Waals surface area contributed by atoms with E-state index in [1.807, 2.05) is 11.8 Å². The van der Waals surface area contributed by atoms with Gasteiger partial charge in [0.15, 0.2) is 0 Å². The topological polar surface area (TPSA) is 76.4 Å². The second-order valence-electron chi connectivity index (χ2n) is 5.52. The average Bonchev–Trinajstić information content (AvgIpc) is 2.67. The van der Waals surface area contributed by atoms with Crippen LogP contribution in [0.25, 0.3) is 0 Å². The van der Waals surface area contributed by atoms with Gasteiger partial charge in [0.1, 0.15) is 11.1 Å². The van der Waals surface area contributed by atoms with E-state index < -0.39 is 0 Å². The summed E-state index contributed by atoms with van der Waals surface area (Å²) in [6, 6.07) is 2.27. The zero-order chi connectivity index (χ0) is 15.9. The van der Waals surface area contributed by atoms with Gasteiger partial charge in [-0.2, -0.15) is 5.26 Å². The van der Waals surface area contributed by atoms with E-state index in [-0.39, 0.29) is 19.1 Å². The monoisotopic (exact) mass is 321 g/mol. The first-order chi connectivity index (χ1) is 10.7. The van der Waals surface area contributed by atoms with Gasteiger partial charge in [0.25, 0.3) is 0 Å². The molecule has 0 radical (unpaired) electrons. The summed E-state index contributed by atoms with van der Waals surface area (Å²) in [5.74, 6) is -0.122. The van der Waals surface area contributed by atoms with Gasteiger partial charge in [-0.1, -0.05) is 13.3 Å². The van der Waals surface area contributed by atoms with Gasteiger partial charge in [-0.25, -0.2) is 0 Å². The number of hydrogen-bond acceptors (Lipinski definition) is 5.